The first kappa shape index (κ1) is 13.7. The number of carboxylic acids is 1. The van der Waals surface area contributed by atoms with Crippen molar-refractivity contribution >= 4 is 22.8 Å². The summed E-state index contributed by atoms with van der Waals surface area (Å²) in [6, 6.07) is 7.30. The number of carboxylic acid groups (broad SMARTS) is 1. The third-order valence-corrected chi connectivity index (χ3v) is 4.23. The van der Waals surface area contributed by atoms with Crippen molar-refractivity contribution in [3.8, 4) is 0 Å². The predicted octanol–water partition coefficient (Wildman–Crippen LogP) is 2.54. The van der Waals surface area contributed by atoms with Gasteiger partial charge in [0, 0.05) is 23.1 Å². The molecule has 2 aromatic rings. The smallest absolute Gasteiger partial charge is 0.308 e. The molecule has 0 bridgehead atoms. The number of aliphatic carboxylic acids is 1. The van der Waals surface area contributed by atoms with Crippen molar-refractivity contribution in [1.82, 2.24) is 10.3 Å². The average Bonchev–Trinajstić information content (AvgIpc) is 2.91. The molecule has 1 saturated carbocycles. The monoisotopic (exact) mass is 286 g/mol. The average molecular weight is 286 g/mol. The second-order valence-corrected chi connectivity index (χ2v) is 5.56. The lowest BCUT2D eigenvalue weighted by atomic mass is 9.84. The lowest BCUT2D eigenvalue weighted by molar-refractivity contribution is -0.143. The number of hydrogen-bond acceptors (Lipinski definition) is 2. The standard InChI is InChI=1S/C16H18N2O3/c19-15(12-9-17-13-7-3-1-5-10(12)13)18-14-8-4-2-6-11(14)16(20)21/h1,3,5,7,9,11,14,17H,2,4,6,8H2,(H,18,19)(H,20,21)/t11-,14-/m1/s1. The SMILES string of the molecule is O=C(N[C@@H]1CCCC[C@H]1C(=O)O)c1c[nH]c2ccccc12. The van der Waals surface area contributed by atoms with Gasteiger partial charge in [0.2, 0.25) is 0 Å². The van der Waals surface area contributed by atoms with E-state index >= 15 is 0 Å². The van der Waals surface area contributed by atoms with E-state index in [1.165, 1.54) is 0 Å². The molecule has 1 aromatic heterocycles. The maximum atomic E-state index is 12.4. The zero-order valence-corrected chi connectivity index (χ0v) is 11.6. The summed E-state index contributed by atoms with van der Waals surface area (Å²) in [5.41, 5.74) is 1.47. The molecule has 1 aliphatic rings. The second kappa shape index (κ2) is 5.60. The lowest BCUT2D eigenvalue weighted by Crippen LogP contribution is -2.45. The number of aromatic nitrogens is 1. The molecular formula is C16H18N2O3. The molecule has 0 spiro atoms. The van der Waals surface area contributed by atoms with Crippen LogP contribution >= 0.6 is 0 Å². The number of para-hydroxylation sites is 1. The van der Waals surface area contributed by atoms with Crippen LogP contribution in [0.3, 0.4) is 0 Å². The van der Waals surface area contributed by atoms with Crippen LogP contribution in [0.4, 0.5) is 0 Å². The molecule has 0 aliphatic heterocycles. The van der Waals surface area contributed by atoms with Gasteiger partial charge in [-0.2, -0.15) is 0 Å². The third kappa shape index (κ3) is 2.63. The van der Waals surface area contributed by atoms with Crippen molar-refractivity contribution in [3.05, 3.63) is 36.0 Å². The fraction of sp³-hybridized carbons (Fsp3) is 0.375. The Bertz CT molecular complexity index is 677. The summed E-state index contributed by atoms with van der Waals surface area (Å²) in [4.78, 5) is 26.8. The summed E-state index contributed by atoms with van der Waals surface area (Å²) >= 11 is 0. The van der Waals surface area contributed by atoms with Crippen LogP contribution in [0.15, 0.2) is 30.5 Å². The zero-order valence-electron chi connectivity index (χ0n) is 11.6. The van der Waals surface area contributed by atoms with Crippen LogP contribution in [0, 0.1) is 5.92 Å². The molecule has 5 nitrogen and oxygen atoms in total. The fourth-order valence-electron chi connectivity index (χ4n) is 3.10. The maximum absolute atomic E-state index is 12.4. The Balaban J connectivity index is 1.80. The number of rotatable bonds is 3. The van der Waals surface area contributed by atoms with Gasteiger partial charge in [-0.15, -0.1) is 0 Å². The molecule has 5 heteroatoms. The van der Waals surface area contributed by atoms with Crippen LogP contribution in [0.25, 0.3) is 10.9 Å². The van der Waals surface area contributed by atoms with E-state index < -0.39 is 11.9 Å². The van der Waals surface area contributed by atoms with Gasteiger partial charge in [-0.1, -0.05) is 31.0 Å². The molecule has 110 valence electrons. The van der Waals surface area contributed by atoms with Crippen LogP contribution in [-0.2, 0) is 4.79 Å². The summed E-state index contributed by atoms with van der Waals surface area (Å²) in [5.74, 6) is -1.50. The Labute approximate surface area is 122 Å². The minimum atomic E-state index is -0.820. The van der Waals surface area contributed by atoms with Crippen molar-refractivity contribution in [3.63, 3.8) is 0 Å². The number of carbonyl (C=O) groups is 2. The first-order valence-corrected chi connectivity index (χ1v) is 7.26. The van der Waals surface area contributed by atoms with Crippen LogP contribution in [0.2, 0.25) is 0 Å². The van der Waals surface area contributed by atoms with Crippen LogP contribution < -0.4 is 5.32 Å². The Morgan fingerprint density at radius 1 is 1.19 bits per heavy atom. The summed E-state index contributed by atoms with van der Waals surface area (Å²) < 4.78 is 0. The molecule has 1 fully saturated rings. The normalized spacial score (nSPS) is 22.1. The second-order valence-electron chi connectivity index (χ2n) is 5.56. The number of carbonyl (C=O) groups excluding carboxylic acids is 1. The Morgan fingerprint density at radius 3 is 2.76 bits per heavy atom. The van der Waals surface area contributed by atoms with E-state index in [1.807, 2.05) is 24.3 Å². The van der Waals surface area contributed by atoms with Gasteiger partial charge in [0.1, 0.15) is 0 Å². The number of hydrogen-bond donors (Lipinski definition) is 3. The van der Waals surface area contributed by atoms with Crippen molar-refractivity contribution in [1.29, 1.82) is 0 Å². The first-order valence-electron chi connectivity index (χ1n) is 7.26. The van der Waals surface area contributed by atoms with E-state index in [-0.39, 0.29) is 11.9 Å². The van der Waals surface area contributed by atoms with Gasteiger partial charge < -0.3 is 15.4 Å². The molecule has 1 heterocycles. The Morgan fingerprint density at radius 2 is 1.95 bits per heavy atom. The molecule has 1 aromatic carbocycles. The number of H-pyrrole nitrogens is 1. The maximum Gasteiger partial charge on any atom is 0.308 e. The Kier molecular flexibility index (Phi) is 3.64. The number of nitrogens with one attached hydrogen (secondary N) is 2. The Hall–Kier alpha value is -2.30. The molecule has 0 unspecified atom stereocenters. The van der Waals surface area contributed by atoms with Gasteiger partial charge in [-0.25, -0.2) is 0 Å². The van der Waals surface area contributed by atoms with Crippen molar-refractivity contribution in [2.24, 2.45) is 5.92 Å². The minimum Gasteiger partial charge on any atom is -0.481 e. The van der Waals surface area contributed by atoms with Crippen molar-refractivity contribution in [2.45, 2.75) is 31.7 Å². The van der Waals surface area contributed by atoms with Gasteiger partial charge >= 0.3 is 5.97 Å². The topological polar surface area (TPSA) is 82.2 Å². The molecular weight excluding hydrogens is 268 g/mol. The molecule has 1 aliphatic carbocycles. The molecule has 3 N–H and O–H groups in total. The van der Waals surface area contributed by atoms with Gasteiger partial charge in [0.15, 0.2) is 0 Å². The number of amides is 1. The quantitative estimate of drug-likeness (QED) is 0.811. The van der Waals surface area contributed by atoms with Gasteiger partial charge in [0.05, 0.1) is 11.5 Å². The highest BCUT2D eigenvalue weighted by Gasteiger charge is 2.32. The lowest BCUT2D eigenvalue weighted by Gasteiger charge is -2.29. The highest BCUT2D eigenvalue weighted by atomic mass is 16.4. The molecule has 3 rings (SSSR count). The molecule has 21 heavy (non-hydrogen) atoms. The molecule has 1 amide bonds. The fourth-order valence-corrected chi connectivity index (χ4v) is 3.10. The van der Waals surface area contributed by atoms with E-state index in [0.29, 0.717) is 12.0 Å². The first-order chi connectivity index (χ1) is 10.2. The summed E-state index contributed by atoms with van der Waals surface area (Å²) in [6.45, 7) is 0. The number of benzene rings is 1. The number of aromatic amines is 1. The zero-order chi connectivity index (χ0) is 14.8. The summed E-state index contributed by atoms with van der Waals surface area (Å²) in [6.07, 6.45) is 4.91. The van der Waals surface area contributed by atoms with E-state index in [1.54, 1.807) is 6.20 Å². The van der Waals surface area contributed by atoms with E-state index in [0.717, 1.165) is 30.2 Å². The number of fused-ring (bicyclic) bond motifs is 1. The van der Waals surface area contributed by atoms with Gasteiger partial charge in [-0.3, -0.25) is 9.59 Å². The van der Waals surface area contributed by atoms with Gasteiger partial charge in [-0.05, 0) is 18.9 Å². The van der Waals surface area contributed by atoms with E-state index in [9.17, 15) is 14.7 Å². The third-order valence-electron chi connectivity index (χ3n) is 4.23. The van der Waals surface area contributed by atoms with Crippen LogP contribution in [-0.4, -0.2) is 28.0 Å². The van der Waals surface area contributed by atoms with E-state index in [4.69, 9.17) is 0 Å². The molecule has 0 saturated heterocycles. The highest BCUT2D eigenvalue weighted by molar-refractivity contribution is 6.06. The van der Waals surface area contributed by atoms with Crippen molar-refractivity contribution < 1.29 is 14.7 Å². The largest absolute Gasteiger partial charge is 0.481 e. The molecule has 2 atom stereocenters. The van der Waals surface area contributed by atoms with Crippen LogP contribution in [0.5, 0.6) is 0 Å². The summed E-state index contributed by atoms with van der Waals surface area (Å²) in [5, 5.41) is 13.0. The summed E-state index contributed by atoms with van der Waals surface area (Å²) in [7, 11) is 0. The predicted molar refractivity (Wildman–Crippen MR) is 79.1 cm³/mol. The van der Waals surface area contributed by atoms with Crippen molar-refractivity contribution in [2.75, 3.05) is 0 Å². The highest BCUT2D eigenvalue weighted by Crippen LogP contribution is 2.25. The van der Waals surface area contributed by atoms with Gasteiger partial charge in [0.25, 0.3) is 5.91 Å². The van der Waals surface area contributed by atoms with E-state index in [2.05, 4.69) is 10.3 Å². The molecule has 0 radical (unpaired) electrons. The minimum absolute atomic E-state index is 0.203. The van der Waals surface area contributed by atoms with Crippen LogP contribution in [0.1, 0.15) is 36.0 Å².